The summed E-state index contributed by atoms with van der Waals surface area (Å²) in [6, 6.07) is 0.322. The SMILES string of the molecule is C#CCN[C@@H]1CCCC[C@H]1C(C)=O. The Bertz CT molecular complexity index is 217. The molecular weight excluding hydrogens is 162 g/mol. The predicted molar refractivity (Wildman–Crippen MR) is 53.3 cm³/mol. The third-order valence-electron chi connectivity index (χ3n) is 2.75. The summed E-state index contributed by atoms with van der Waals surface area (Å²) in [5, 5.41) is 3.25. The van der Waals surface area contributed by atoms with Crippen LogP contribution in [0.3, 0.4) is 0 Å². The number of rotatable bonds is 3. The summed E-state index contributed by atoms with van der Waals surface area (Å²) in [7, 11) is 0. The molecule has 0 radical (unpaired) electrons. The fourth-order valence-corrected chi connectivity index (χ4v) is 2.05. The highest BCUT2D eigenvalue weighted by atomic mass is 16.1. The number of ketones is 1. The van der Waals surface area contributed by atoms with E-state index in [0.29, 0.717) is 18.4 Å². The maximum atomic E-state index is 11.3. The minimum absolute atomic E-state index is 0.196. The first-order chi connectivity index (χ1) is 6.25. The van der Waals surface area contributed by atoms with Crippen LogP contribution in [0.2, 0.25) is 0 Å². The molecule has 0 spiro atoms. The number of carbonyl (C=O) groups is 1. The molecule has 0 aliphatic heterocycles. The van der Waals surface area contributed by atoms with E-state index in [1.54, 1.807) is 6.92 Å². The lowest BCUT2D eigenvalue weighted by molar-refractivity contribution is -0.122. The van der Waals surface area contributed by atoms with Gasteiger partial charge >= 0.3 is 0 Å². The molecule has 2 heteroatoms. The van der Waals surface area contributed by atoms with Crippen molar-refractivity contribution < 1.29 is 4.79 Å². The number of hydrogen-bond acceptors (Lipinski definition) is 2. The maximum Gasteiger partial charge on any atom is 0.134 e. The van der Waals surface area contributed by atoms with E-state index >= 15 is 0 Å². The van der Waals surface area contributed by atoms with Gasteiger partial charge in [-0.1, -0.05) is 18.8 Å². The van der Waals surface area contributed by atoms with E-state index < -0.39 is 0 Å². The molecule has 1 fully saturated rings. The zero-order chi connectivity index (χ0) is 9.68. The molecule has 0 aromatic heterocycles. The Kier molecular flexibility index (Phi) is 3.98. The summed E-state index contributed by atoms with van der Waals surface area (Å²) in [6.07, 6.45) is 9.68. The van der Waals surface area contributed by atoms with E-state index in [4.69, 9.17) is 6.42 Å². The smallest absolute Gasteiger partial charge is 0.134 e. The van der Waals surface area contributed by atoms with Gasteiger partial charge in [-0.3, -0.25) is 4.79 Å². The van der Waals surface area contributed by atoms with Gasteiger partial charge in [0, 0.05) is 12.0 Å². The van der Waals surface area contributed by atoms with Gasteiger partial charge in [-0.2, -0.15) is 0 Å². The summed E-state index contributed by atoms with van der Waals surface area (Å²) in [6.45, 7) is 2.26. The molecule has 72 valence electrons. The second-order valence-electron chi connectivity index (χ2n) is 3.69. The minimum atomic E-state index is 0.196. The highest BCUT2D eigenvalue weighted by molar-refractivity contribution is 5.79. The van der Waals surface area contributed by atoms with Crippen LogP contribution in [-0.2, 0) is 4.79 Å². The van der Waals surface area contributed by atoms with Crippen LogP contribution in [0.15, 0.2) is 0 Å². The Morgan fingerprint density at radius 2 is 2.23 bits per heavy atom. The third-order valence-corrected chi connectivity index (χ3v) is 2.75. The average Bonchev–Trinajstić information content (AvgIpc) is 2.15. The van der Waals surface area contributed by atoms with Gasteiger partial charge in [-0.25, -0.2) is 0 Å². The molecule has 1 rings (SSSR count). The topological polar surface area (TPSA) is 29.1 Å². The van der Waals surface area contributed by atoms with Gasteiger partial charge < -0.3 is 5.32 Å². The van der Waals surface area contributed by atoms with Crippen molar-refractivity contribution in [1.29, 1.82) is 0 Å². The zero-order valence-corrected chi connectivity index (χ0v) is 8.18. The van der Waals surface area contributed by atoms with Gasteiger partial charge in [0.25, 0.3) is 0 Å². The summed E-state index contributed by atoms with van der Waals surface area (Å²) in [4.78, 5) is 11.3. The first kappa shape index (κ1) is 10.3. The van der Waals surface area contributed by atoms with Crippen LogP contribution in [0.1, 0.15) is 32.6 Å². The van der Waals surface area contributed by atoms with Crippen LogP contribution < -0.4 is 5.32 Å². The Balaban J connectivity index is 2.47. The second kappa shape index (κ2) is 5.04. The highest BCUT2D eigenvalue weighted by Gasteiger charge is 2.27. The van der Waals surface area contributed by atoms with E-state index in [1.807, 2.05) is 0 Å². The Morgan fingerprint density at radius 1 is 1.54 bits per heavy atom. The molecule has 0 unspecified atom stereocenters. The van der Waals surface area contributed by atoms with Crippen molar-refractivity contribution in [3.8, 4) is 12.3 Å². The quantitative estimate of drug-likeness (QED) is 0.663. The standard InChI is InChI=1S/C11H17NO/c1-3-8-12-11-7-5-4-6-10(11)9(2)13/h1,10-12H,4-8H2,2H3/t10-,11+/m0/s1. The second-order valence-corrected chi connectivity index (χ2v) is 3.69. The van der Waals surface area contributed by atoms with Gasteiger partial charge in [0.1, 0.15) is 5.78 Å². The normalized spacial score (nSPS) is 28.0. The lowest BCUT2D eigenvalue weighted by atomic mass is 9.82. The van der Waals surface area contributed by atoms with Gasteiger partial charge in [0.2, 0.25) is 0 Å². The van der Waals surface area contributed by atoms with E-state index in [0.717, 1.165) is 12.8 Å². The Labute approximate surface area is 80.1 Å². The fourth-order valence-electron chi connectivity index (χ4n) is 2.05. The van der Waals surface area contributed by atoms with Crippen LogP contribution in [0.4, 0.5) is 0 Å². The zero-order valence-electron chi connectivity index (χ0n) is 8.18. The predicted octanol–water partition coefficient (Wildman–Crippen LogP) is 1.36. The van der Waals surface area contributed by atoms with Crippen molar-refractivity contribution in [3.05, 3.63) is 0 Å². The number of carbonyl (C=O) groups excluding carboxylic acids is 1. The van der Waals surface area contributed by atoms with Crippen LogP contribution in [0, 0.1) is 18.3 Å². The minimum Gasteiger partial charge on any atom is -0.303 e. The van der Waals surface area contributed by atoms with E-state index in [1.165, 1.54) is 12.8 Å². The van der Waals surface area contributed by atoms with Crippen molar-refractivity contribution in [2.24, 2.45) is 5.92 Å². The number of hydrogen-bond donors (Lipinski definition) is 1. The lowest BCUT2D eigenvalue weighted by Crippen LogP contribution is -2.41. The van der Waals surface area contributed by atoms with Crippen molar-refractivity contribution in [1.82, 2.24) is 5.32 Å². The molecule has 1 N–H and O–H groups in total. The van der Waals surface area contributed by atoms with Gasteiger partial charge in [-0.15, -0.1) is 6.42 Å². The molecule has 1 aliphatic carbocycles. The molecular formula is C11H17NO. The van der Waals surface area contributed by atoms with Crippen LogP contribution in [0.5, 0.6) is 0 Å². The third kappa shape index (κ3) is 2.86. The molecule has 2 nitrogen and oxygen atoms in total. The van der Waals surface area contributed by atoms with Gasteiger partial charge in [-0.05, 0) is 19.8 Å². The molecule has 13 heavy (non-hydrogen) atoms. The number of Topliss-reactive ketones (excluding diaryl/α,β-unsaturated/α-hetero) is 1. The molecule has 0 heterocycles. The largest absolute Gasteiger partial charge is 0.303 e. The summed E-state index contributed by atoms with van der Waals surface area (Å²) in [5.74, 6) is 3.05. The Morgan fingerprint density at radius 3 is 2.85 bits per heavy atom. The van der Waals surface area contributed by atoms with Gasteiger partial charge in [0.15, 0.2) is 0 Å². The van der Waals surface area contributed by atoms with Crippen molar-refractivity contribution in [3.63, 3.8) is 0 Å². The molecule has 0 bridgehead atoms. The molecule has 0 aromatic rings. The number of terminal acetylenes is 1. The lowest BCUT2D eigenvalue weighted by Gasteiger charge is -2.29. The first-order valence-corrected chi connectivity index (χ1v) is 4.93. The maximum absolute atomic E-state index is 11.3. The summed E-state index contributed by atoms with van der Waals surface area (Å²) < 4.78 is 0. The number of nitrogens with one attached hydrogen (secondary N) is 1. The van der Waals surface area contributed by atoms with Crippen LogP contribution in [-0.4, -0.2) is 18.4 Å². The molecule has 2 atom stereocenters. The van der Waals surface area contributed by atoms with Crippen LogP contribution >= 0.6 is 0 Å². The van der Waals surface area contributed by atoms with Crippen LogP contribution in [0.25, 0.3) is 0 Å². The van der Waals surface area contributed by atoms with E-state index in [9.17, 15) is 4.79 Å². The summed E-state index contributed by atoms with van der Waals surface area (Å²) >= 11 is 0. The average molecular weight is 179 g/mol. The first-order valence-electron chi connectivity index (χ1n) is 4.93. The van der Waals surface area contributed by atoms with E-state index in [2.05, 4.69) is 11.2 Å². The monoisotopic (exact) mass is 179 g/mol. The highest BCUT2D eigenvalue weighted by Crippen LogP contribution is 2.24. The van der Waals surface area contributed by atoms with Crippen molar-refractivity contribution in [2.75, 3.05) is 6.54 Å². The summed E-state index contributed by atoms with van der Waals surface area (Å²) in [5.41, 5.74) is 0. The van der Waals surface area contributed by atoms with Gasteiger partial charge in [0.05, 0.1) is 6.54 Å². The van der Waals surface area contributed by atoms with Crippen molar-refractivity contribution >= 4 is 5.78 Å². The van der Waals surface area contributed by atoms with Crippen molar-refractivity contribution in [2.45, 2.75) is 38.6 Å². The van der Waals surface area contributed by atoms with E-state index in [-0.39, 0.29) is 5.92 Å². The fraction of sp³-hybridized carbons (Fsp3) is 0.727. The molecule has 0 amide bonds. The Hall–Kier alpha value is -0.810. The molecule has 0 aromatic carbocycles. The molecule has 1 aliphatic rings. The molecule has 1 saturated carbocycles. The molecule has 0 saturated heterocycles.